The van der Waals surface area contributed by atoms with E-state index in [1.165, 1.54) is 0 Å². The van der Waals surface area contributed by atoms with Crippen LogP contribution in [0, 0.1) is 0 Å². The Morgan fingerprint density at radius 1 is 1.00 bits per heavy atom. The molecule has 0 aliphatic rings. The second kappa shape index (κ2) is 5.65. The molecule has 3 nitrogen and oxygen atoms in total. The van der Waals surface area contributed by atoms with Gasteiger partial charge in [-0.2, -0.15) is 5.10 Å². The van der Waals surface area contributed by atoms with Crippen LogP contribution in [0.4, 0.5) is 0 Å². The Morgan fingerprint density at radius 2 is 1.85 bits per heavy atom. The fraction of sp³-hybridized carbons (Fsp3) is 0.0667. The average Bonchev–Trinajstić information content (AvgIpc) is 2.48. The minimum atomic E-state index is 0.361. The molecule has 1 aromatic heterocycles. The van der Waals surface area contributed by atoms with E-state index in [2.05, 4.69) is 10.2 Å². The molecule has 0 bridgehead atoms. The summed E-state index contributed by atoms with van der Waals surface area (Å²) in [7, 11) is 0. The Kier molecular flexibility index (Phi) is 3.72. The number of nitrogens with zero attached hydrogens (tertiary/aromatic N) is 2. The summed E-state index contributed by atoms with van der Waals surface area (Å²) in [6.07, 6.45) is 1.71. The third-order valence-corrected chi connectivity index (χ3v) is 3.64. The smallest absolute Gasteiger partial charge is 0.241 e. The predicted molar refractivity (Wildman–Crippen MR) is 80.3 cm³/mol. The average molecular weight is 305 g/mol. The SMILES string of the molecule is Clc1ccc(COc2nncc3ccccc23)cc1Cl. The van der Waals surface area contributed by atoms with Gasteiger partial charge in [-0.25, -0.2) is 0 Å². The summed E-state index contributed by atoms with van der Waals surface area (Å²) in [6.45, 7) is 0.361. The molecule has 0 fully saturated rings. The number of rotatable bonds is 3. The Hall–Kier alpha value is -1.84. The number of aromatic nitrogens is 2. The summed E-state index contributed by atoms with van der Waals surface area (Å²) in [6, 6.07) is 13.2. The second-order valence-corrected chi connectivity index (χ2v) is 5.09. The molecule has 0 N–H and O–H groups in total. The molecule has 0 saturated heterocycles. The van der Waals surface area contributed by atoms with Crippen LogP contribution in [0.2, 0.25) is 10.0 Å². The van der Waals surface area contributed by atoms with Crippen LogP contribution in [-0.4, -0.2) is 10.2 Å². The number of hydrogen-bond donors (Lipinski definition) is 0. The highest BCUT2D eigenvalue weighted by molar-refractivity contribution is 6.42. The summed E-state index contributed by atoms with van der Waals surface area (Å²) in [5, 5.41) is 10.9. The summed E-state index contributed by atoms with van der Waals surface area (Å²) < 4.78 is 5.72. The zero-order valence-electron chi connectivity index (χ0n) is 10.4. The van der Waals surface area contributed by atoms with Crippen LogP contribution in [-0.2, 0) is 6.61 Å². The Balaban J connectivity index is 1.85. The largest absolute Gasteiger partial charge is 0.471 e. The first kappa shape index (κ1) is 13.2. The van der Waals surface area contributed by atoms with E-state index in [9.17, 15) is 0 Å². The normalized spacial score (nSPS) is 10.7. The van der Waals surface area contributed by atoms with E-state index in [1.54, 1.807) is 18.3 Å². The van der Waals surface area contributed by atoms with Crippen molar-refractivity contribution in [1.29, 1.82) is 0 Å². The molecule has 0 aliphatic carbocycles. The van der Waals surface area contributed by atoms with Gasteiger partial charge in [0, 0.05) is 10.8 Å². The zero-order valence-corrected chi connectivity index (χ0v) is 11.9. The van der Waals surface area contributed by atoms with E-state index in [-0.39, 0.29) is 0 Å². The van der Waals surface area contributed by atoms with E-state index in [0.29, 0.717) is 22.5 Å². The minimum Gasteiger partial charge on any atom is -0.471 e. The number of halogens is 2. The van der Waals surface area contributed by atoms with Crippen LogP contribution < -0.4 is 4.74 Å². The lowest BCUT2D eigenvalue weighted by atomic mass is 10.2. The van der Waals surface area contributed by atoms with Gasteiger partial charge >= 0.3 is 0 Å². The van der Waals surface area contributed by atoms with Gasteiger partial charge in [-0.15, -0.1) is 5.10 Å². The van der Waals surface area contributed by atoms with E-state index in [4.69, 9.17) is 27.9 Å². The van der Waals surface area contributed by atoms with Gasteiger partial charge in [-0.3, -0.25) is 0 Å². The van der Waals surface area contributed by atoms with Crippen molar-refractivity contribution in [3.8, 4) is 5.88 Å². The van der Waals surface area contributed by atoms with Crippen LogP contribution in [0.3, 0.4) is 0 Å². The van der Waals surface area contributed by atoms with E-state index >= 15 is 0 Å². The quantitative estimate of drug-likeness (QED) is 0.714. The molecule has 5 heteroatoms. The van der Waals surface area contributed by atoms with E-state index < -0.39 is 0 Å². The third-order valence-electron chi connectivity index (χ3n) is 2.90. The number of benzene rings is 2. The Bertz CT molecular complexity index is 756. The first-order chi connectivity index (χ1) is 9.74. The maximum Gasteiger partial charge on any atom is 0.241 e. The van der Waals surface area contributed by atoms with Crippen molar-refractivity contribution in [3.05, 3.63) is 64.3 Å². The van der Waals surface area contributed by atoms with Crippen LogP contribution in [0.1, 0.15) is 5.56 Å². The molecule has 0 amide bonds. The topological polar surface area (TPSA) is 35.0 Å². The van der Waals surface area contributed by atoms with Gasteiger partial charge in [0.15, 0.2) is 0 Å². The maximum atomic E-state index is 5.98. The molecule has 20 heavy (non-hydrogen) atoms. The monoisotopic (exact) mass is 304 g/mol. The van der Waals surface area contributed by atoms with Crippen LogP contribution in [0.25, 0.3) is 10.8 Å². The van der Waals surface area contributed by atoms with Gasteiger partial charge < -0.3 is 4.74 Å². The minimum absolute atomic E-state index is 0.361. The predicted octanol–water partition coefficient (Wildman–Crippen LogP) is 4.52. The Labute approximate surface area is 126 Å². The molecule has 0 unspecified atom stereocenters. The highest BCUT2D eigenvalue weighted by Gasteiger charge is 2.05. The number of hydrogen-bond acceptors (Lipinski definition) is 3. The summed E-state index contributed by atoms with van der Waals surface area (Å²) >= 11 is 11.9. The zero-order chi connectivity index (χ0) is 13.9. The van der Waals surface area contributed by atoms with Crippen LogP contribution in [0.5, 0.6) is 5.88 Å². The molecular weight excluding hydrogens is 295 g/mol. The lowest BCUT2D eigenvalue weighted by molar-refractivity contribution is 0.294. The molecule has 0 radical (unpaired) electrons. The third kappa shape index (κ3) is 2.69. The Morgan fingerprint density at radius 3 is 2.70 bits per heavy atom. The van der Waals surface area contributed by atoms with Crippen molar-refractivity contribution < 1.29 is 4.74 Å². The molecule has 0 aliphatic heterocycles. The molecule has 0 atom stereocenters. The lowest BCUT2D eigenvalue weighted by Gasteiger charge is -2.08. The van der Waals surface area contributed by atoms with Crippen LogP contribution in [0.15, 0.2) is 48.7 Å². The van der Waals surface area contributed by atoms with Gasteiger partial charge in [0.2, 0.25) is 5.88 Å². The standard InChI is InChI=1S/C15H10Cl2N2O/c16-13-6-5-10(7-14(13)17)9-20-15-12-4-2-1-3-11(12)8-18-19-15/h1-8H,9H2. The molecule has 3 rings (SSSR count). The molecule has 0 saturated carbocycles. The van der Waals surface area contributed by atoms with Crippen molar-refractivity contribution in [2.45, 2.75) is 6.61 Å². The van der Waals surface area contributed by atoms with E-state index in [0.717, 1.165) is 16.3 Å². The van der Waals surface area contributed by atoms with Crippen molar-refractivity contribution in [2.75, 3.05) is 0 Å². The molecular formula is C15H10Cl2N2O. The second-order valence-electron chi connectivity index (χ2n) is 4.27. The van der Waals surface area contributed by atoms with Crippen molar-refractivity contribution >= 4 is 34.0 Å². The van der Waals surface area contributed by atoms with E-state index in [1.807, 2.05) is 30.3 Å². The van der Waals surface area contributed by atoms with Gasteiger partial charge in [0.25, 0.3) is 0 Å². The fourth-order valence-electron chi connectivity index (χ4n) is 1.89. The first-order valence-corrected chi connectivity index (χ1v) is 6.77. The lowest BCUT2D eigenvalue weighted by Crippen LogP contribution is -1.99. The highest BCUT2D eigenvalue weighted by Crippen LogP contribution is 2.25. The van der Waals surface area contributed by atoms with Gasteiger partial charge in [0.05, 0.1) is 16.2 Å². The van der Waals surface area contributed by atoms with Crippen molar-refractivity contribution in [2.24, 2.45) is 0 Å². The molecule has 100 valence electrons. The van der Waals surface area contributed by atoms with Gasteiger partial charge in [0.1, 0.15) is 6.61 Å². The molecule has 0 spiro atoms. The van der Waals surface area contributed by atoms with Crippen molar-refractivity contribution in [3.63, 3.8) is 0 Å². The van der Waals surface area contributed by atoms with Gasteiger partial charge in [-0.1, -0.05) is 47.5 Å². The molecule has 1 heterocycles. The van der Waals surface area contributed by atoms with Crippen LogP contribution >= 0.6 is 23.2 Å². The summed E-state index contributed by atoms with van der Waals surface area (Å²) in [5.41, 5.74) is 0.925. The summed E-state index contributed by atoms with van der Waals surface area (Å²) in [4.78, 5) is 0. The number of fused-ring (bicyclic) bond motifs is 1. The number of ether oxygens (including phenoxy) is 1. The molecule has 3 aromatic rings. The molecule has 2 aromatic carbocycles. The first-order valence-electron chi connectivity index (χ1n) is 6.01. The van der Waals surface area contributed by atoms with Crippen molar-refractivity contribution in [1.82, 2.24) is 10.2 Å². The van der Waals surface area contributed by atoms with Gasteiger partial charge in [-0.05, 0) is 23.8 Å². The summed E-state index contributed by atoms with van der Waals surface area (Å²) in [5.74, 6) is 0.508. The maximum absolute atomic E-state index is 5.98. The highest BCUT2D eigenvalue weighted by atomic mass is 35.5. The fourth-order valence-corrected chi connectivity index (χ4v) is 2.21.